The maximum absolute atomic E-state index is 5.72. The minimum atomic E-state index is 0.322. The van der Waals surface area contributed by atoms with Gasteiger partial charge in [-0.1, -0.05) is 18.2 Å². The van der Waals surface area contributed by atoms with E-state index in [4.69, 9.17) is 10.5 Å². The van der Waals surface area contributed by atoms with Crippen LogP contribution in [-0.4, -0.2) is 22.3 Å². The number of aromatic nitrogens is 2. The fourth-order valence-electron chi connectivity index (χ4n) is 1.65. The highest BCUT2D eigenvalue weighted by molar-refractivity contribution is 7.99. The van der Waals surface area contributed by atoms with Crippen molar-refractivity contribution in [1.82, 2.24) is 9.97 Å². The lowest BCUT2D eigenvalue weighted by Gasteiger charge is -2.08. The summed E-state index contributed by atoms with van der Waals surface area (Å²) < 4.78 is 5.72. The number of nitrogens with two attached hydrogens (primary N) is 1. The molecule has 0 spiro atoms. The summed E-state index contributed by atoms with van der Waals surface area (Å²) in [6.45, 7) is 4.58. The van der Waals surface area contributed by atoms with Crippen LogP contribution in [0.4, 0.5) is 5.95 Å². The average molecular weight is 275 g/mol. The van der Waals surface area contributed by atoms with Crippen LogP contribution in [0, 0.1) is 13.8 Å². The Balaban J connectivity index is 1.82. The van der Waals surface area contributed by atoms with E-state index < -0.39 is 0 Å². The highest BCUT2D eigenvalue weighted by Gasteiger charge is 2.01. The van der Waals surface area contributed by atoms with Crippen LogP contribution in [0.5, 0.6) is 5.75 Å². The quantitative estimate of drug-likeness (QED) is 0.516. The largest absolute Gasteiger partial charge is 0.492 e. The number of ether oxygens (including phenoxy) is 1. The van der Waals surface area contributed by atoms with Gasteiger partial charge in [0.1, 0.15) is 10.8 Å². The molecule has 0 radical (unpaired) electrons. The van der Waals surface area contributed by atoms with Gasteiger partial charge in [0.15, 0.2) is 0 Å². The molecule has 0 saturated heterocycles. The fraction of sp³-hybridized carbons (Fsp3) is 0.286. The minimum Gasteiger partial charge on any atom is -0.492 e. The first kappa shape index (κ1) is 13.7. The van der Waals surface area contributed by atoms with E-state index in [-0.39, 0.29) is 0 Å². The molecule has 5 heteroatoms. The lowest BCUT2D eigenvalue weighted by Crippen LogP contribution is -2.03. The Labute approximate surface area is 117 Å². The van der Waals surface area contributed by atoms with Crippen molar-refractivity contribution in [1.29, 1.82) is 0 Å². The lowest BCUT2D eigenvalue weighted by molar-refractivity contribution is 0.341. The smallest absolute Gasteiger partial charge is 0.221 e. The first-order valence-electron chi connectivity index (χ1n) is 6.07. The molecule has 0 fully saturated rings. The minimum absolute atomic E-state index is 0.322. The zero-order chi connectivity index (χ0) is 13.7. The number of nitrogen functional groups attached to an aromatic ring is 1. The van der Waals surface area contributed by atoms with Crippen LogP contribution in [-0.2, 0) is 0 Å². The van der Waals surface area contributed by atoms with Crippen LogP contribution < -0.4 is 10.5 Å². The fourth-order valence-corrected chi connectivity index (χ4v) is 2.44. The second kappa shape index (κ2) is 6.43. The van der Waals surface area contributed by atoms with Crippen molar-refractivity contribution in [3.63, 3.8) is 0 Å². The van der Waals surface area contributed by atoms with Crippen LogP contribution in [0.3, 0.4) is 0 Å². The van der Waals surface area contributed by atoms with Gasteiger partial charge in [0.25, 0.3) is 0 Å². The summed E-state index contributed by atoms with van der Waals surface area (Å²) in [5, 5.41) is 0.887. The maximum atomic E-state index is 5.72. The van der Waals surface area contributed by atoms with Crippen molar-refractivity contribution in [2.45, 2.75) is 18.9 Å². The summed E-state index contributed by atoms with van der Waals surface area (Å²) in [6.07, 6.45) is 0. The van der Waals surface area contributed by atoms with Gasteiger partial charge in [-0.2, -0.15) is 0 Å². The Morgan fingerprint density at radius 3 is 2.74 bits per heavy atom. The van der Waals surface area contributed by atoms with Gasteiger partial charge in [-0.3, -0.25) is 0 Å². The Morgan fingerprint density at radius 2 is 2.00 bits per heavy atom. The van der Waals surface area contributed by atoms with Gasteiger partial charge in [0, 0.05) is 11.4 Å². The molecule has 19 heavy (non-hydrogen) atoms. The van der Waals surface area contributed by atoms with Crippen LogP contribution >= 0.6 is 11.8 Å². The molecule has 0 atom stereocenters. The number of nitrogens with zero attached hydrogens (tertiary/aromatic N) is 2. The average Bonchev–Trinajstić information content (AvgIpc) is 2.35. The van der Waals surface area contributed by atoms with Crippen LogP contribution in [0.15, 0.2) is 35.4 Å². The van der Waals surface area contributed by atoms with Gasteiger partial charge in [0.2, 0.25) is 5.95 Å². The van der Waals surface area contributed by atoms with Crippen molar-refractivity contribution in [3.05, 3.63) is 41.6 Å². The Hall–Kier alpha value is -1.75. The predicted octanol–water partition coefficient (Wildman–Crippen LogP) is 2.85. The molecule has 2 aromatic rings. The Kier molecular flexibility index (Phi) is 4.63. The van der Waals surface area contributed by atoms with E-state index in [0.29, 0.717) is 12.6 Å². The molecule has 2 rings (SSSR count). The maximum Gasteiger partial charge on any atom is 0.221 e. The molecule has 1 heterocycles. The molecule has 0 saturated carbocycles. The van der Waals surface area contributed by atoms with E-state index in [2.05, 4.69) is 9.97 Å². The van der Waals surface area contributed by atoms with Crippen molar-refractivity contribution in [3.8, 4) is 5.75 Å². The van der Waals surface area contributed by atoms with Gasteiger partial charge < -0.3 is 10.5 Å². The summed E-state index contributed by atoms with van der Waals surface area (Å²) in [7, 11) is 0. The molecule has 100 valence electrons. The van der Waals surface area contributed by atoms with Crippen molar-refractivity contribution >= 4 is 17.7 Å². The number of hydrogen-bond acceptors (Lipinski definition) is 5. The lowest BCUT2D eigenvalue weighted by atomic mass is 10.2. The van der Waals surface area contributed by atoms with E-state index in [1.54, 1.807) is 11.8 Å². The molecule has 1 aromatic carbocycles. The van der Waals surface area contributed by atoms with Crippen molar-refractivity contribution in [2.24, 2.45) is 0 Å². The molecule has 0 aliphatic carbocycles. The molecule has 1 aromatic heterocycles. The second-order valence-corrected chi connectivity index (χ2v) is 5.28. The van der Waals surface area contributed by atoms with E-state index in [1.165, 1.54) is 0 Å². The molecular formula is C14H17N3OS. The summed E-state index contributed by atoms with van der Waals surface area (Å²) in [5.74, 6) is 2.08. The van der Waals surface area contributed by atoms with Gasteiger partial charge in [0.05, 0.1) is 6.61 Å². The topological polar surface area (TPSA) is 61.0 Å². The third kappa shape index (κ3) is 4.13. The van der Waals surface area contributed by atoms with Gasteiger partial charge in [-0.25, -0.2) is 9.97 Å². The predicted molar refractivity (Wildman–Crippen MR) is 78.6 cm³/mol. The van der Waals surface area contributed by atoms with E-state index in [1.807, 2.05) is 44.2 Å². The number of thioether (sulfide) groups is 1. The number of rotatable bonds is 5. The number of hydrogen-bond donors (Lipinski definition) is 1. The normalized spacial score (nSPS) is 10.4. The molecule has 0 aliphatic rings. The molecule has 0 amide bonds. The van der Waals surface area contributed by atoms with Gasteiger partial charge >= 0.3 is 0 Å². The first-order chi connectivity index (χ1) is 9.15. The van der Waals surface area contributed by atoms with Crippen LogP contribution in [0.25, 0.3) is 0 Å². The Bertz CT molecular complexity index is 540. The number of benzene rings is 1. The molecule has 0 unspecified atom stereocenters. The zero-order valence-electron chi connectivity index (χ0n) is 11.1. The second-order valence-electron chi connectivity index (χ2n) is 4.17. The van der Waals surface area contributed by atoms with E-state index >= 15 is 0 Å². The van der Waals surface area contributed by atoms with Crippen molar-refractivity contribution in [2.75, 3.05) is 18.1 Å². The summed E-state index contributed by atoms with van der Waals surface area (Å²) in [6, 6.07) is 9.92. The third-order valence-electron chi connectivity index (χ3n) is 2.53. The number of para-hydroxylation sites is 1. The molecule has 2 N–H and O–H groups in total. The first-order valence-corrected chi connectivity index (χ1v) is 7.06. The highest BCUT2D eigenvalue weighted by Crippen LogP contribution is 2.19. The van der Waals surface area contributed by atoms with Gasteiger partial charge in [-0.15, -0.1) is 11.8 Å². The van der Waals surface area contributed by atoms with E-state index in [0.717, 1.165) is 27.8 Å². The summed E-state index contributed by atoms with van der Waals surface area (Å²) in [5.41, 5.74) is 7.64. The Morgan fingerprint density at radius 1 is 1.21 bits per heavy atom. The molecule has 0 bridgehead atoms. The van der Waals surface area contributed by atoms with E-state index in [9.17, 15) is 0 Å². The zero-order valence-corrected chi connectivity index (χ0v) is 11.9. The van der Waals surface area contributed by atoms with Crippen LogP contribution in [0.2, 0.25) is 0 Å². The van der Waals surface area contributed by atoms with Gasteiger partial charge in [-0.05, 0) is 31.5 Å². The molecule has 4 nitrogen and oxygen atoms in total. The molecular weight excluding hydrogens is 258 g/mol. The third-order valence-corrected chi connectivity index (χ3v) is 3.41. The number of aryl methyl sites for hydroxylation is 2. The summed E-state index contributed by atoms with van der Waals surface area (Å²) in [4.78, 5) is 8.21. The standard InChI is InChI=1S/C14H17N3OS/c1-10-5-3-4-6-12(10)18-7-8-19-13-9-11(2)16-14(15)17-13/h3-6,9H,7-8H2,1-2H3,(H2,15,16,17). The SMILES string of the molecule is Cc1cc(SCCOc2ccccc2C)nc(N)n1. The van der Waals surface area contributed by atoms with Crippen LogP contribution in [0.1, 0.15) is 11.3 Å². The monoisotopic (exact) mass is 275 g/mol. The molecule has 0 aliphatic heterocycles. The highest BCUT2D eigenvalue weighted by atomic mass is 32.2. The van der Waals surface area contributed by atoms with Crippen molar-refractivity contribution < 1.29 is 4.74 Å². The summed E-state index contributed by atoms with van der Waals surface area (Å²) >= 11 is 1.62. The number of anilines is 1.